The van der Waals surface area contributed by atoms with Gasteiger partial charge in [0.05, 0.1) is 19.8 Å². The molecule has 0 radical (unpaired) electrons. The van der Waals surface area contributed by atoms with Crippen molar-refractivity contribution in [3.63, 3.8) is 0 Å². The van der Waals surface area contributed by atoms with E-state index in [-0.39, 0.29) is 6.04 Å². The zero-order valence-electron chi connectivity index (χ0n) is 16.6. The summed E-state index contributed by atoms with van der Waals surface area (Å²) in [6.45, 7) is 8.09. The second-order valence-electron chi connectivity index (χ2n) is 7.45. The van der Waals surface area contributed by atoms with Crippen molar-refractivity contribution in [1.29, 1.82) is 0 Å². The van der Waals surface area contributed by atoms with Gasteiger partial charge in [-0.1, -0.05) is 19.9 Å². The van der Waals surface area contributed by atoms with Gasteiger partial charge in [-0.3, -0.25) is 0 Å². The number of rotatable bonds is 5. The first kappa shape index (κ1) is 17.9. The van der Waals surface area contributed by atoms with Crippen LogP contribution in [0.5, 0.6) is 11.5 Å². The van der Waals surface area contributed by atoms with Crippen molar-refractivity contribution < 1.29 is 9.47 Å². The van der Waals surface area contributed by atoms with Crippen LogP contribution in [0.15, 0.2) is 36.4 Å². The molecule has 1 aliphatic rings. The smallest absolute Gasteiger partial charge is 0.122 e. The minimum Gasteiger partial charge on any atom is -0.496 e. The lowest BCUT2D eigenvalue weighted by atomic mass is 9.91. The minimum atomic E-state index is 0.167. The zero-order chi connectivity index (χ0) is 19.0. The fourth-order valence-corrected chi connectivity index (χ4v) is 4.13. The first-order valence-electron chi connectivity index (χ1n) is 9.80. The van der Waals surface area contributed by atoms with Crippen molar-refractivity contribution in [3.8, 4) is 11.5 Å². The van der Waals surface area contributed by atoms with E-state index in [9.17, 15) is 0 Å². The quantitative estimate of drug-likeness (QED) is 0.674. The van der Waals surface area contributed by atoms with Crippen LogP contribution in [-0.4, -0.2) is 25.2 Å². The Morgan fingerprint density at radius 2 is 2.00 bits per heavy atom. The molecule has 1 aliphatic heterocycles. The molecule has 142 valence electrons. The molecule has 0 saturated heterocycles. The largest absolute Gasteiger partial charge is 0.496 e. The number of ether oxygens (including phenoxy) is 2. The van der Waals surface area contributed by atoms with Gasteiger partial charge in [0, 0.05) is 23.1 Å². The SMILES string of the molecule is CCOc1ccc2[nH]c3c(c2c1)CCNC3c1ccc(OC)c(C(C)C)c1. The van der Waals surface area contributed by atoms with Crippen molar-refractivity contribution in [1.82, 2.24) is 10.3 Å². The number of aromatic nitrogens is 1. The molecular formula is C23H28N2O2. The molecule has 4 rings (SSSR count). The summed E-state index contributed by atoms with van der Waals surface area (Å²) in [6, 6.07) is 13.1. The number of aromatic amines is 1. The van der Waals surface area contributed by atoms with Gasteiger partial charge in [-0.15, -0.1) is 0 Å². The van der Waals surface area contributed by atoms with E-state index in [1.54, 1.807) is 7.11 Å². The molecule has 2 heterocycles. The molecule has 1 atom stereocenters. The van der Waals surface area contributed by atoms with Crippen LogP contribution in [0.25, 0.3) is 10.9 Å². The Hall–Kier alpha value is -2.46. The lowest BCUT2D eigenvalue weighted by Crippen LogP contribution is -2.30. The molecule has 0 aliphatic carbocycles. The highest BCUT2D eigenvalue weighted by Gasteiger charge is 2.26. The molecule has 1 unspecified atom stereocenters. The normalized spacial score (nSPS) is 16.6. The van der Waals surface area contributed by atoms with Gasteiger partial charge in [0.15, 0.2) is 0 Å². The summed E-state index contributed by atoms with van der Waals surface area (Å²) in [5.41, 5.74) is 6.37. The highest BCUT2D eigenvalue weighted by molar-refractivity contribution is 5.86. The van der Waals surface area contributed by atoms with Gasteiger partial charge in [-0.05, 0) is 66.3 Å². The second-order valence-corrected chi connectivity index (χ2v) is 7.45. The molecule has 0 saturated carbocycles. The van der Waals surface area contributed by atoms with E-state index in [2.05, 4.69) is 54.5 Å². The van der Waals surface area contributed by atoms with Crippen LogP contribution in [0.4, 0.5) is 0 Å². The summed E-state index contributed by atoms with van der Waals surface area (Å²) in [7, 11) is 1.74. The molecule has 0 fully saturated rings. The summed E-state index contributed by atoms with van der Waals surface area (Å²) in [4.78, 5) is 3.66. The van der Waals surface area contributed by atoms with Crippen molar-refractivity contribution in [3.05, 3.63) is 58.8 Å². The molecule has 0 bridgehead atoms. The van der Waals surface area contributed by atoms with E-state index in [1.165, 1.54) is 33.3 Å². The molecule has 27 heavy (non-hydrogen) atoms. The average molecular weight is 364 g/mol. The Morgan fingerprint density at radius 1 is 1.15 bits per heavy atom. The highest BCUT2D eigenvalue weighted by atomic mass is 16.5. The molecule has 4 nitrogen and oxygen atoms in total. The fraction of sp³-hybridized carbons (Fsp3) is 0.391. The summed E-state index contributed by atoms with van der Waals surface area (Å²) < 4.78 is 11.3. The minimum absolute atomic E-state index is 0.167. The molecule has 2 aromatic carbocycles. The van der Waals surface area contributed by atoms with Gasteiger partial charge in [0.25, 0.3) is 0 Å². The zero-order valence-corrected chi connectivity index (χ0v) is 16.6. The molecule has 0 amide bonds. The first-order chi connectivity index (χ1) is 13.1. The maximum absolute atomic E-state index is 5.71. The molecule has 2 N–H and O–H groups in total. The number of hydrogen-bond acceptors (Lipinski definition) is 3. The van der Waals surface area contributed by atoms with Gasteiger partial charge in [0.2, 0.25) is 0 Å². The van der Waals surface area contributed by atoms with Crippen LogP contribution in [-0.2, 0) is 6.42 Å². The van der Waals surface area contributed by atoms with Crippen molar-refractivity contribution >= 4 is 10.9 Å². The standard InChI is InChI=1S/C23H28N2O2/c1-5-27-16-7-8-20-19(13-16)17-10-11-24-22(23(17)25-20)15-6-9-21(26-4)18(12-15)14(2)3/h6-9,12-14,22,24-25H,5,10-11H2,1-4H3. The van der Waals surface area contributed by atoms with E-state index in [1.807, 2.05) is 13.0 Å². The van der Waals surface area contributed by atoms with E-state index in [0.29, 0.717) is 12.5 Å². The molecule has 0 spiro atoms. The number of methoxy groups -OCH3 is 1. The topological polar surface area (TPSA) is 46.3 Å². The Kier molecular flexibility index (Phi) is 4.83. The lowest BCUT2D eigenvalue weighted by molar-refractivity contribution is 0.340. The van der Waals surface area contributed by atoms with Crippen LogP contribution in [0.2, 0.25) is 0 Å². The van der Waals surface area contributed by atoms with Gasteiger partial charge >= 0.3 is 0 Å². The van der Waals surface area contributed by atoms with Crippen LogP contribution >= 0.6 is 0 Å². The first-order valence-corrected chi connectivity index (χ1v) is 9.80. The van der Waals surface area contributed by atoms with E-state index < -0.39 is 0 Å². The predicted molar refractivity (Wildman–Crippen MR) is 110 cm³/mol. The van der Waals surface area contributed by atoms with Gasteiger partial charge in [-0.2, -0.15) is 0 Å². The van der Waals surface area contributed by atoms with Crippen molar-refractivity contribution in [2.24, 2.45) is 0 Å². The Bertz CT molecular complexity index is 958. The van der Waals surface area contributed by atoms with E-state index in [0.717, 1.165) is 24.5 Å². The summed E-state index contributed by atoms with van der Waals surface area (Å²) in [6.07, 6.45) is 1.02. The Labute approximate surface area is 160 Å². The van der Waals surface area contributed by atoms with Crippen molar-refractivity contribution in [2.75, 3.05) is 20.3 Å². The number of benzene rings is 2. The monoisotopic (exact) mass is 364 g/mol. The van der Waals surface area contributed by atoms with Crippen LogP contribution in [0, 0.1) is 0 Å². The third-order valence-corrected chi connectivity index (χ3v) is 5.44. The van der Waals surface area contributed by atoms with Gasteiger partial charge in [-0.25, -0.2) is 0 Å². The molecule has 3 aromatic rings. The number of nitrogens with one attached hydrogen (secondary N) is 2. The molecular weight excluding hydrogens is 336 g/mol. The summed E-state index contributed by atoms with van der Waals surface area (Å²) in [5, 5.41) is 4.97. The summed E-state index contributed by atoms with van der Waals surface area (Å²) >= 11 is 0. The van der Waals surface area contributed by atoms with Crippen LogP contribution in [0.1, 0.15) is 55.1 Å². The van der Waals surface area contributed by atoms with E-state index in [4.69, 9.17) is 9.47 Å². The Balaban J connectivity index is 1.79. The summed E-state index contributed by atoms with van der Waals surface area (Å²) in [5.74, 6) is 2.32. The lowest BCUT2D eigenvalue weighted by Gasteiger charge is -2.26. The Morgan fingerprint density at radius 3 is 2.74 bits per heavy atom. The average Bonchev–Trinajstić information content (AvgIpc) is 3.06. The predicted octanol–water partition coefficient (Wildman–Crippen LogP) is 4.93. The number of hydrogen-bond donors (Lipinski definition) is 2. The second kappa shape index (κ2) is 7.28. The maximum atomic E-state index is 5.71. The third-order valence-electron chi connectivity index (χ3n) is 5.44. The third kappa shape index (κ3) is 3.19. The fourth-order valence-electron chi connectivity index (χ4n) is 4.13. The van der Waals surface area contributed by atoms with Crippen LogP contribution in [0.3, 0.4) is 0 Å². The number of H-pyrrole nitrogens is 1. The van der Waals surface area contributed by atoms with Gasteiger partial charge in [0.1, 0.15) is 11.5 Å². The molecule has 1 aromatic heterocycles. The maximum Gasteiger partial charge on any atom is 0.122 e. The van der Waals surface area contributed by atoms with Crippen molar-refractivity contribution in [2.45, 2.75) is 39.2 Å². The van der Waals surface area contributed by atoms with Gasteiger partial charge < -0.3 is 19.8 Å². The number of fused-ring (bicyclic) bond motifs is 3. The van der Waals surface area contributed by atoms with Crippen LogP contribution < -0.4 is 14.8 Å². The highest BCUT2D eigenvalue weighted by Crippen LogP contribution is 2.37. The van der Waals surface area contributed by atoms with E-state index >= 15 is 0 Å². The molecule has 4 heteroatoms.